The first-order valence-electron chi connectivity index (χ1n) is 12.8. The van der Waals surface area contributed by atoms with Crippen LogP contribution in [-0.2, 0) is 16.1 Å². The van der Waals surface area contributed by atoms with E-state index in [1.54, 1.807) is 42.5 Å². The number of nitrogens with one attached hydrogen (secondary N) is 1. The molecule has 5 rings (SSSR count). The van der Waals surface area contributed by atoms with Crippen molar-refractivity contribution in [2.75, 3.05) is 12.4 Å². The molecule has 2 aliphatic heterocycles. The Labute approximate surface area is 247 Å². The Kier molecular flexibility index (Phi) is 8.04. The summed E-state index contributed by atoms with van der Waals surface area (Å²) in [6.07, 6.45) is 4.92. The number of thiophene rings is 1. The molecule has 40 heavy (non-hydrogen) atoms. The molecule has 1 unspecified atom stereocenters. The van der Waals surface area contributed by atoms with Gasteiger partial charge in [-0.3, -0.25) is 4.79 Å². The number of carbonyl (C=O) groups excluding carboxylic acids is 2. The van der Waals surface area contributed by atoms with Gasteiger partial charge in [0.05, 0.1) is 17.7 Å². The summed E-state index contributed by atoms with van der Waals surface area (Å²) in [5.74, 6) is 0.0997. The van der Waals surface area contributed by atoms with Crippen LogP contribution >= 0.6 is 34.7 Å². The second-order valence-corrected chi connectivity index (χ2v) is 13.1. The predicted molar refractivity (Wildman–Crippen MR) is 164 cm³/mol. The number of hydrogen-bond donors (Lipinski definition) is 1. The number of fused-ring (bicyclic) bond motifs is 1. The lowest BCUT2D eigenvalue weighted by atomic mass is 9.85. The van der Waals surface area contributed by atoms with Crippen LogP contribution in [0.3, 0.4) is 0 Å². The largest absolute Gasteiger partial charge is 0.496 e. The van der Waals surface area contributed by atoms with E-state index in [-0.39, 0.29) is 23.4 Å². The number of allylic oxidation sites excluding steroid dienone is 3. The molecule has 9 heteroatoms. The Morgan fingerprint density at radius 2 is 1.90 bits per heavy atom. The fourth-order valence-electron chi connectivity index (χ4n) is 5.13. The first kappa shape index (κ1) is 28.3. The minimum absolute atomic E-state index is 0.109. The number of methoxy groups -OCH3 is 1. The van der Waals surface area contributed by atoms with Gasteiger partial charge in [-0.15, -0.1) is 23.1 Å². The van der Waals surface area contributed by atoms with Crippen molar-refractivity contribution in [1.82, 2.24) is 0 Å². The van der Waals surface area contributed by atoms with E-state index in [0.717, 1.165) is 38.4 Å². The van der Waals surface area contributed by atoms with Crippen molar-refractivity contribution in [3.05, 3.63) is 79.9 Å². The lowest BCUT2D eigenvalue weighted by Crippen LogP contribution is -2.32. The van der Waals surface area contributed by atoms with Gasteiger partial charge in [0.1, 0.15) is 28.2 Å². The van der Waals surface area contributed by atoms with Gasteiger partial charge in [-0.25, -0.2) is 4.79 Å². The second-order valence-electron chi connectivity index (χ2n) is 10.3. The Morgan fingerprint density at radius 3 is 2.58 bits per heavy atom. The van der Waals surface area contributed by atoms with Gasteiger partial charge in [0.2, 0.25) is 0 Å². The number of hydrogen-bond acceptors (Lipinski definition) is 8. The molecule has 0 bridgehead atoms. The lowest BCUT2D eigenvalue weighted by molar-refractivity contribution is -0.144. The van der Waals surface area contributed by atoms with Gasteiger partial charge >= 0.3 is 11.9 Å². The zero-order valence-corrected chi connectivity index (χ0v) is 25.3. The average Bonchev–Trinajstić information content (AvgIpc) is 3.54. The highest BCUT2D eigenvalue weighted by Gasteiger charge is 2.29. The van der Waals surface area contributed by atoms with Gasteiger partial charge in [-0.1, -0.05) is 29.8 Å². The molecular formula is C31H30ClNO5S2. The number of thioether (sulfide) groups is 1. The molecule has 0 spiro atoms. The standard InChI is InChI=1S/C31H30ClNO5S2/c1-17-15-31(3,4)33-24-10-9-20(22(27(17)24)16-37-29(34)26-11-6-18(2)40-26)21-8-7-19(14-25(21)36-5)38-30(35)28-23(32)12-13-39-28/h6-10,12-15,26,33H,11,16H2,1-5H3. The molecule has 0 amide bonds. The van der Waals surface area contributed by atoms with E-state index in [4.69, 9.17) is 25.8 Å². The van der Waals surface area contributed by atoms with Crippen LogP contribution < -0.4 is 14.8 Å². The van der Waals surface area contributed by atoms with Crippen molar-refractivity contribution in [2.45, 2.75) is 51.5 Å². The summed E-state index contributed by atoms with van der Waals surface area (Å²) in [4.78, 5) is 27.1. The van der Waals surface area contributed by atoms with E-state index in [1.165, 1.54) is 11.3 Å². The van der Waals surface area contributed by atoms with Gasteiger partial charge in [-0.05, 0) is 79.8 Å². The van der Waals surface area contributed by atoms with Crippen molar-refractivity contribution in [3.63, 3.8) is 0 Å². The molecule has 208 valence electrons. The molecule has 3 heterocycles. The summed E-state index contributed by atoms with van der Waals surface area (Å²) in [6, 6.07) is 11.0. The maximum absolute atomic E-state index is 13.0. The summed E-state index contributed by atoms with van der Waals surface area (Å²) in [6.45, 7) is 8.43. The van der Waals surface area contributed by atoms with Crippen molar-refractivity contribution < 1.29 is 23.8 Å². The summed E-state index contributed by atoms with van der Waals surface area (Å²) >= 11 is 8.87. The SMILES string of the molecule is COc1cc(OC(=O)c2sccc2Cl)ccc1-c1ccc2c(c1COC(=O)C1CC=C(C)S1)C(C)=CC(C)(C)N2. The molecule has 0 fully saturated rings. The van der Waals surface area contributed by atoms with E-state index < -0.39 is 5.97 Å². The molecule has 0 radical (unpaired) electrons. The Morgan fingerprint density at radius 1 is 1.12 bits per heavy atom. The summed E-state index contributed by atoms with van der Waals surface area (Å²) in [7, 11) is 1.57. The first-order valence-corrected chi connectivity index (χ1v) is 15.0. The zero-order valence-electron chi connectivity index (χ0n) is 22.9. The highest BCUT2D eigenvalue weighted by atomic mass is 35.5. The van der Waals surface area contributed by atoms with Crippen LogP contribution in [0.4, 0.5) is 5.69 Å². The highest BCUT2D eigenvalue weighted by molar-refractivity contribution is 8.04. The zero-order chi connectivity index (χ0) is 28.6. The molecule has 2 aromatic carbocycles. The van der Waals surface area contributed by atoms with Gasteiger partial charge in [-0.2, -0.15) is 0 Å². The van der Waals surface area contributed by atoms with E-state index in [1.807, 2.05) is 25.1 Å². The number of halogens is 1. The second kappa shape index (κ2) is 11.4. The number of rotatable bonds is 7. The Bertz CT molecular complexity index is 1550. The van der Waals surface area contributed by atoms with Gasteiger partial charge < -0.3 is 19.5 Å². The van der Waals surface area contributed by atoms with Crippen molar-refractivity contribution in [3.8, 4) is 22.6 Å². The van der Waals surface area contributed by atoms with Crippen LogP contribution in [0.2, 0.25) is 5.02 Å². The molecule has 0 saturated heterocycles. The van der Waals surface area contributed by atoms with Gasteiger partial charge in [0.25, 0.3) is 0 Å². The van der Waals surface area contributed by atoms with Gasteiger partial charge in [0.15, 0.2) is 0 Å². The maximum atomic E-state index is 13.0. The minimum atomic E-state index is -0.528. The Balaban J connectivity index is 1.51. The molecule has 0 aliphatic carbocycles. The summed E-state index contributed by atoms with van der Waals surface area (Å²) < 4.78 is 17.3. The van der Waals surface area contributed by atoms with Crippen LogP contribution in [0.25, 0.3) is 16.7 Å². The lowest BCUT2D eigenvalue weighted by Gasteiger charge is -2.33. The van der Waals surface area contributed by atoms with E-state index in [0.29, 0.717) is 27.8 Å². The monoisotopic (exact) mass is 595 g/mol. The molecule has 1 aromatic heterocycles. The van der Waals surface area contributed by atoms with E-state index in [2.05, 4.69) is 38.2 Å². The van der Waals surface area contributed by atoms with Crippen molar-refractivity contribution >= 4 is 57.9 Å². The van der Waals surface area contributed by atoms with Crippen LogP contribution in [0.15, 0.2) is 58.8 Å². The molecule has 6 nitrogen and oxygen atoms in total. The van der Waals surface area contributed by atoms with Crippen LogP contribution in [0.5, 0.6) is 11.5 Å². The topological polar surface area (TPSA) is 73.9 Å². The van der Waals surface area contributed by atoms with Crippen molar-refractivity contribution in [2.24, 2.45) is 0 Å². The molecule has 2 aliphatic rings. The fraction of sp³-hybridized carbons (Fsp3) is 0.290. The number of benzene rings is 2. The number of anilines is 1. The highest BCUT2D eigenvalue weighted by Crippen LogP contribution is 2.44. The molecule has 0 saturated carbocycles. The summed E-state index contributed by atoms with van der Waals surface area (Å²) in [5.41, 5.74) is 5.39. The Hall–Kier alpha value is -3.20. The van der Waals surface area contributed by atoms with Crippen LogP contribution in [0, 0.1) is 0 Å². The summed E-state index contributed by atoms with van der Waals surface area (Å²) in [5, 5.41) is 5.45. The predicted octanol–water partition coefficient (Wildman–Crippen LogP) is 8.36. The smallest absolute Gasteiger partial charge is 0.355 e. The molecule has 3 aromatic rings. The maximum Gasteiger partial charge on any atom is 0.355 e. The number of ether oxygens (including phenoxy) is 3. The number of esters is 2. The third-order valence-electron chi connectivity index (χ3n) is 6.79. The normalized spacial score (nSPS) is 17.3. The number of carbonyl (C=O) groups is 2. The minimum Gasteiger partial charge on any atom is -0.496 e. The van der Waals surface area contributed by atoms with Crippen LogP contribution in [0.1, 0.15) is 54.9 Å². The first-order chi connectivity index (χ1) is 19.1. The quantitative estimate of drug-likeness (QED) is 0.217. The van der Waals surface area contributed by atoms with E-state index >= 15 is 0 Å². The average molecular weight is 596 g/mol. The van der Waals surface area contributed by atoms with Crippen molar-refractivity contribution in [1.29, 1.82) is 0 Å². The molecular weight excluding hydrogens is 566 g/mol. The van der Waals surface area contributed by atoms with E-state index in [9.17, 15) is 9.59 Å². The molecule has 1 atom stereocenters. The fourth-order valence-corrected chi connectivity index (χ4v) is 7.13. The third kappa shape index (κ3) is 5.80. The third-order valence-corrected chi connectivity index (χ3v) is 9.32. The van der Waals surface area contributed by atoms with Gasteiger partial charge in [0, 0.05) is 28.4 Å². The molecule has 1 N–H and O–H groups in total. The van der Waals surface area contributed by atoms with Crippen LogP contribution in [-0.4, -0.2) is 29.8 Å².